The fraction of sp³-hybridized carbons (Fsp3) is 0.900. The molecule has 0 saturated heterocycles. The van der Waals surface area contributed by atoms with E-state index < -0.39 is 11.5 Å². The maximum Gasteiger partial charge on any atom is 0.325 e. The Balaban J connectivity index is 3.77. The largest absolute Gasteiger partial charge is 0.480 e. The predicted molar refractivity (Wildman–Crippen MR) is 56.8 cm³/mol. The van der Waals surface area contributed by atoms with Crippen molar-refractivity contribution in [2.75, 3.05) is 20.3 Å². The molecule has 0 amide bonds. The number of nitrogens with two attached hydrogens (primary N) is 1. The molecule has 3 N–H and O–H groups in total. The molecule has 0 rings (SSSR count). The van der Waals surface area contributed by atoms with Crippen LogP contribution < -0.4 is 5.73 Å². The van der Waals surface area contributed by atoms with Crippen molar-refractivity contribution >= 4 is 5.97 Å². The van der Waals surface area contributed by atoms with Crippen LogP contribution in [0.4, 0.5) is 0 Å². The van der Waals surface area contributed by atoms with Crippen LogP contribution in [0.3, 0.4) is 0 Å². The van der Waals surface area contributed by atoms with Gasteiger partial charge in [0, 0.05) is 13.7 Å². The van der Waals surface area contributed by atoms with Crippen LogP contribution in [0, 0.1) is 0 Å². The van der Waals surface area contributed by atoms with E-state index in [0.29, 0.717) is 13.0 Å². The molecule has 0 aliphatic rings. The van der Waals surface area contributed by atoms with Gasteiger partial charge in [0.1, 0.15) is 5.54 Å². The Bertz CT molecular complexity index is 213. The monoisotopic (exact) mass is 219 g/mol. The van der Waals surface area contributed by atoms with Crippen molar-refractivity contribution in [2.24, 2.45) is 5.73 Å². The third-order valence-corrected chi connectivity index (χ3v) is 2.29. The first-order chi connectivity index (χ1) is 6.71. The minimum Gasteiger partial charge on any atom is -0.480 e. The van der Waals surface area contributed by atoms with Crippen LogP contribution >= 0.6 is 0 Å². The smallest absolute Gasteiger partial charge is 0.325 e. The maximum atomic E-state index is 10.6. The molecule has 90 valence electrons. The van der Waals surface area contributed by atoms with Crippen LogP contribution in [-0.2, 0) is 14.3 Å². The average molecular weight is 219 g/mol. The fourth-order valence-electron chi connectivity index (χ4n) is 0.766. The van der Waals surface area contributed by atoms with Crippen molar-refractivity contribution in [2.45, 2.75) is 38.3 Å². The Morgan fingerprint density at radius 2 is 1.93 bits per heavy atom. The van der Waals surface area contributed by atoms with Crippen LogP contribution in [0.2, 0.25) is 0 Å². The Kier molecular flexibility index (Phi) is 5.20. The fourth-order valence-corrected chi connectivity index (χ4v) is 0.766. The van der Waals surface area contributed by atoms with E-state index in [4.69, 9.17) is 20.3 Å². The number of ether oxygens (including phenoxy) is 2. The first kappa shape index (κ1) is 14.3. The first-order valence-electron chi connectivity index (χ1n) is 4.86. The van der Waals surface area contributed by atoms with E-state index in [9.17, 15) is 4.79 Å². The second-order valence-corrected chi connectivity index (χ2v) is 4.49. The Labute approximate surface area is 90.5 Å². The van der Waals surface area contributed by atoms with Gasteiger partial charge in [-0.2, -0.15) is 0 Å². The van der Waals surface area contributed by atoms with E-state index >= 15 is 0 Å². The molecule has 5 nitrogen and oxygen atoms in total. The lowest BCUT2D eigenvalue weighted by molar-refractivity contribution is -0.145. The molecule has 0 aromatic heterocycles. The van der Waals surface area contributed by atoms with Crippen molar-refractivity contribution in [1.82, 2.24) is 0 Å². The molecule has 0 saturated carbocycles. The quantitative estimate of drug-likeness (QED) is 0.613. The van der Waals surface area contributed by atoms with Crippen LogP contribution in [0.5, 0.6) is 0 Å². The van der Waals surface area contributed by atoms with Crippen LogP contribution in [-0.4, -0.2) is 42.5 Å². The summed E-state index contributed by atoms with van der Waals surface area (Å²) in [7, 11) is 1.63. The molecule has 15 heavy (non-hydrogen) atoms. The van der Waals surface area contributed by atoms with Gasteiger partial charge in [-0.15, -0.1) is 0 Å². The molecule has 0 fully saturated rings. The molecule has 0 aromatic carbocycles. The summed E-state index contributed by atoms with van der Waals surface area (Å²) in [6.07, 6.45) is 0.694. The number of carbonyl (C=O) groups is 1. The van der Waals surface area contributed by atoms with E-state index in [1.165, 1.54) is 6.92 Å². The van der Waals surface area contributed by atoms with Crippen LogP contribution in [0.1, 0.15) is 27.2 Å². The predicted octanol–water partition coefficient (Wildman–Crippen LogP) is 0.620. The van der Waals surface area contributed by atoms with Gasteiger partial charge in [0.05, 0.1) is 12.2 Å². The molecular weight excluding hydrogens is 198 g/mol. The number of carboxylic acids is 1. The van der Waals surface area contributed by atoms with E-state index in [-0.39, 0.29) is 12.2 Å². The highest BCUT2D eigenvalue weighted by molar-refractivity contribution is 5.77. The van der Waals surface area contributed by atoms with Gasteiger partial charge in [0.25, 0.3) is 0 Å². The zero-order valence-electron chi connectivity index (χ0n) is 9.87. The first-order valence-corrected chi connectivity index (χ1v) is 4.86. The number of aliphatic carboxylic acids is 1. The van der Waals surface area contributed by atoms with E-state index in [1.807, 2.05) is 13.8 Å². The summed E-state index contributed by atoms with van der Waals surface area (Å²) >= 11 is 0. The van der Waals surface area contributed by atoms with Crippen molar-refractivity contribution in [1.29, 1.82) is 0 Å². The van der Waals surface area contributed by atoms with E-state index in [2.05, 4.69) is 0 Å². The highest BCUT2D eigenvalue weighted by Crippen LogP contribution is 2.13. The summed E-state index contributed by atoms with van der Waals surface area (Å²) in [5.41, 5.74) is 3.91. The van der Waals surface area contributed by atoms with Gasteiger partial charge in [-0.05, 0) is 27.2 Å². The van der Waals surface area contributed by atoms with Gasteiger partial charge >= 0.3 is 5.97 Å². The second-order valence-electron chi connectivity index (χ2n) is 4.49. The summed E-state index contributed by atoms with van der Waals surface area (Å²) in [5.74, 6) is -1.06. The van der Waals surface area contributed by atoms with Crippen LogP contribution in [0.15, 0.2) is 0 Å². The van der Waals surface area contributed by atoms with Gasteiger partial charge in [0.2, 0.25) is 0 Å². The summed E-state index contributed by atoms with van der Waals surface area (Å²) in [5, 5.41) is 8.72. The lowest BCUT2D eigenvalue weighted by Crippen LogP contribution is -2.49. The third kappa shape index (κ3) is 5.71. The standard InChI is InChI=1S/C10H21NO4/c1-9(2,14-4)5-6-15-7-10(3,11)8(12)13/h5-7,11H2,1-4H3,(H,12,13). The Morgan fingerprint density at radius 1 is 1.40 bits per heavy atom. The minimum atomic E-state index is -1.32. The second kappa shape index (κ2) is 5.44. The number of hydrogen-bond donors (Lipinski definition) is 2. The number of hydrogen-bond acceptors (Lipinski definition) is 4. The van der Waals surface area contributed by atoms with Gasteiger partial charge in [0.15, 0.2) is 0 Å². The average Bonchev–Trinajstić information content (AvgIpc) is 2.12. The number of rotatable bonds is 7. The third-order valence-electron chi connectivity index (χ3n) is 2.29. The van der Waals surface area contributed by atoms with Crippen molar-refractivity contribution in [3.05, 3.63) is 0 Å². The Morgan fingerprint density at radius 3 is 2.33 bits per heavy atom. The maximum absolute atomic E-state index is 10.6. The molecule has 0 heterocycles. The number of carboxylic acid groups (broad SMARTS) is 1. The van der Waals surface area contributed by atoms with Gasteiger partial charge in [-0.25, -0.2) is 0 Å². The number of methoxy groups -OCH3 is 1. The molecule has 0 spiro atoms. The molecule has 0 aliphatic carbocycles. The Hall–Kier alpha value is -0.650. The SMILES string of the molecule is COC(C)(C)CCOCC(C)(N)C(=O)O. The minimum absolute atomic E-state index is 0.00211. The zero-order chi connectivity index (χ0) is 12.1. The zero-order valence-corrected chi connectivity index (χ0v) is 9.87. The van der Waals surface area contributed by atoms with Crippen molar-refractivity contribution in [3.8, 4) is 0 Å². The lowest BCUT2D eigenvalue weighted by atomic mass is 10.1. The molecule has 5 heteroatoms. The summed E-state index contributed by atoms with van der Waals surface area (Å²) in [6.45, 7) is 5.74. The van der Waals surface area contributed by atoms with Crippen molar-refractivity contribution < 1.29 is 19.4 Å². The normalized spacial score (nSPS) is 16.1. The van der Waals surface area contributed by atoms with Gasteiger partial charge < -0.3 is 20.3 Å². The highest BCUT2D eigenvalue weighted by Gasteiger charge is 2.28. The van der Waals surface area contributed by atoms with Gasteiger partial charge in [-0.3, -0.25) is 4.79 Å². The topological polar surface area (TPSA) is 81.8 Å². The summed E-state index contributed by atoms with van der Waals surface area (Å²) in [4.78, 5) is 10.6. The summed E-state index contributed by atoms with van der Waals surface area (Å²) < 4.78 is 10.4. The lowest BCUT2D eigenvalue weighted by Gasteiger charge is -2.24. The molecule has 0 aromatic rings. The molecule has 0 radical (unpaired) electrons. The molecule has 1 atom stereocenters. The van der Waals surface area contributed by atoms with Crippen LogP contribution in [0.25, 0.3) is 0 Å². The molecule has 0 bridgehead atoms. The van der Waals surface area contributed by atoms with Crippen molar-refractivity contribution in [3.63, 3.8) is 0 Å². The van der Waals surface area contributed by atoms with E-state index in [1.54, 1.807) is 7.11 Å². The molecule has 0 aliphatic heterocycles. The summed E-state index contributed by atoms with van der Waals surface area (Å²) in [6, 6.07) is 0. The van der Waals surface area contributed by atoms with Gasteiger partial charge in [-0.1, -0.05) is 0 Å². The highest BCUT2D eigenvalue weighted by atomic mass is 16.5. The van der Waals surface area contributed by atoms with E-state index in [0.717, 1.165) is 0 Å². The molecular formula is C10H21NO4. The molecule has 1 unspecified atom stereocenters.